The highest BCUT2D eigenvalue weighted by molar-refractivity contribution is 6.24. The van der Waals surface area contributed by atoms with Gasteiger partial charge in [-0.2, -0.15) is 0 Å². The maximum absolute atomic E-state index is 14.1. The van der Waals surface area contributed by atoms with E-state index in [1.54, 1.807) is 63.4 Å². The summed E-state index contributed by atoms with van der Waals surface area (Å²) in [5.41, 5.74) is 9.95. The largest absolute Gasteiger partial charge is 0.508 e. The molecule has 0 aromatic heterocycles. The molecule has 8 N–H and O–H groups in total. The monoisotopic (exact) mass is 572 g/mol. The zero-order valence-corrected chi connectivity index (χ0v) is 23.6. The number of carbonyl (C=O) groups is 3. The van der Waals surface area contributed by atoms with E-state index in [4.69, 9.17) is 11.5 Å². The zero-order chi connectivity index (χ0) is 30.8. The normalized spacial score (nSPS) is 25.0. The summed E-state index contributed by atoms with van der Waals surface area (Å²) >= 11 is 0. The average Bonchev–Trinajstić information content (AvgIpc) is 2.90. The molecular weight excluding hydrogens is 540 g/mol. The second kappa shape index (κ2) is 9.94. The number of phenolic OH excluding ortho intramolecular Hbond substituents is 1. The minimum atomic E-state index is -2.70. The van der Waals surface area contributed by atoms with Crippen molar-refractivity contribution in [2.45, 2.75) is 24.5 Å². The number of aromatic hydroxyl groups is 1. The third kappa shape index (κ3) is 4.10. The number of nitrogen functional groups attached to an aromatic ring is 1. The Hall–Kier alpha value is -4.79. The Balaban J connectivity index is 1.72. The number of primary amides is 1. The molecule has 1 fully saturated rings. The number of carbonyl (C=O) groups excluding carboxylic acids is 3. The molecule has 0 heterocycles. The first-order chi connectivity index (χ1) is 19.7. The van der Waals surface area contributed by atoms with Crippen LogP contribution in [0.1, 0.15) is 28.7 Å². The number of nitrogens with two attached hydrogens (primary N) is 2. The minimum absolute atomic E-state index is 0.0120. The van der Waals surface area contributed by atoms with Crippen molar-refractivity contribution in [1.29, 1.82) is 0 Å². The number of nitrogens with zero attached hydrogens (tertiary/aromatic N) is 2. The molecular formula is C31H32N4O7. The van der Waals surface area contributed by atoms with Gasteiger partial charge in [-0.1, -0.05) is 11.8 Å². The molecule has 1 amide bonds. The predicted octanol–water partition coefficient (Wildman–Crippen LogP) is 1.01. The van der Waals surface area contributed by atoms with Crippen LogP contribution in [0.4, 0.5) is 11.4 Å². The van der Waals surface area contributed by atoms with E-state index in [0.29, 0.717) is 22.5 Å². The number of anilines is 2. The first-order valence-corrected chi connectivity index (χ1v) is 13.3. The topological polar surface area (TPSA) is 191 Å². The lowest BCUT2D eigenvalue weighted by Crippen LogP contribution is -2.65. The van der Waals surface area contributed by atoms with Crippen molar-refractivity contribution in [2.75, 3.05) is 38.8 Å². The number of amides is 1. The summed E-state index contributed by atoms with van der Waals surface area (Å²) in [6.07, 6.45) is 0.194. The summed E-state index contributed by atoms with van der Waals surface area (Å²) in [4.78, 5) is 42.7. The molecule has 0 aliphatic heterocycles. The number of hydrogen-bond acceptors (Lipinski definition) is 10. The number of aliphatic hydroxyl groups excluding tert-OH is 2. The zero-order valence-electron chi connectivity index (χ0n) is 23.6. The molecule has 0 bridgehead atoms. The molecule has 0 radical (unpaired) electrons. The molecule has 4 atom stereocenters. The number of likely N-dealkylation sites (N-methyl/N-ethyl adjacent to an activating group) is 1. The van der Waals surface area contributed by atoms with Crippen LogP contribution in [0.15, 0.2) is 47.2 Å². The van der Waals surface area contributed by atoms with Gasteiger partial charge in [0.15, 0.2) is 11.4 Å². The maximum Gasteiger partial charge on any atom is 0.255 e. The minimum Gasteiger partial charge on any atom is -0.508 e. The van der Waals surface area contributed by atoms with Crippen LogP contribution in [-0.4, -0.2) is 82.6 Å². The second-order valence-corrected chi connectivity index (χ2v) is 11.4. The highest BCUT2D eigenvalue weighted by Gasteiger charge is 2.64. The van der Waals surface area contributed by atoms with Gasteiger partial charge in [0, 0.05) is 42.5 Å². The van der Waals surface area contributed by atoms with Gasteiger partial charge >= 0.3 is 0 Å². The van der Waals surface area contributed by atoms with Gasteiger partial charge in [0.25, 0.3) is 5.91 Å². The van der Waals surface area contributed by atoms with Crippen LogP contribution in [0.5, 0.6) is 5.75 Å². The SMILES string of the molecule is CN(C)c1cc(C#Cc2ccc(N)cc2)c(O)c2c1C[C@H]1C[C@H]3[C@@H](N(C)C)C(=O)C(C(N)=O)=C(O)[C@@]3(O)C(=O)C1=C2O. The average molecular weight is 573 g/mol. The second-order valence-electron chi connectivity index (χ2n) is 11.4. The first-order valence-electron chi connectivity index (χ1n) is 13.3. The molecule has 3 aliphatic carbocycles. The smallest absolute Gasteiger partial charge is 0.255 e. The molecule has 218 valence electrons. The highest BCUT2D eigenvalue weighted by atomic mass is 16.3. The summed E-state index contributed by atoms with van der Waals surface area (Å²) in [6, 6.07) is 7.38. The van der Waals surface area contributed by atoms with Crippen LogP contribution in [0.3, 0.4) is 0 Å². The standard InChI is InChI=1S/C31H32N4O7/c1-34(2)20-13-15(8-5-14-6-9-17(32)10-7-14)25(36)22-18(20)11-16-12-19-24(35(3)4)27(38)23(30(33)41)29(40)31(19,42)28(39)21(16)26(22)37/h6-7,9-10,13,16,19,24,36-37,40,42H,11-12,32H2,1-4H3,(H2,33,41)/t16-,19-,24+,31-/m0/s1. The van der Waals surface area contributed by atoms with E-state index < -0.39 is 58.0 Å². The predicted molar refractivity (Wildman–Crippen MR) is 155 cm³/mol. The molecule has 2 aromatic carbocycles. The van der Waals surface area contributed by atoms with E-state index in [0.717, 1.165) is 0 Å². The molecule has 0 spiro atoms. The van der Waals surface area contributed by atoms with E-state index in [1.807, 2.05) is 0 Å². The van der Waals surface area contributed by atoms with E-state index >= 15 is 0 Å². The molecule has 11 nitrogen and oxygen atoms in total. The fourth-order valence-corrected chi connectivity index (χ4v) is 6.49. The van der Waals surface area contributed by atoms with Crippen LogP contribution in [0, 0.1) is 23.7 Å². The number of Topliss-reactive ketones (excluding diaryl/α,β-unsaturated/α-hetero) is 2. The summed E-state index contributed by atoms with van der Waals surface area (Å²) in [5, 5.41) is 45.7. The Morgan fingerprint density at radius 3 is 2.26 bits per heavy atom. The number of benzene rings is 2. The van der Waals surface area contributed by atoms with Crippen LogP contribution in [-0.2, 0) is 20.8 Å². The lowest BCUT2D eigenvalue weighted by molar-refractivity contribution is -0.153. The van der Waals surface area contributed by atoms with Gasteiger partial charge in [-0.25, -0.2) is 0 Å². The summed E-state index contributed by atoms with van der Waals surface area (Å²) < 4.78 is 0. The van der Waals surface area contributed by atoms with Crippen LogP contribution in [0.2, 0.25) is 0 Å². The molecule has 5 rings (SSSR count). The molecule has 0 unspecified atom stereocenters. The van der Waals surface area contributed by atoms with Gasteiger partial charge < -0.3 is 36.8 Å². The lowest BCUT2D eigenvalue weighted by atomic mass is 9.57. The van der Waals surface area contributed by atoms with Crippen LogP contribution in [0.25, 0.3) is 5.76 Å². The van der Waals surface area contributed by atoms with Crippen molar-refractivity contribution in [3.05, 3.63) is 69.5 Å². The van der Waals surface area contributed by atoms with E-state index in [-0.39, 0.29) is 35.3 Å². The summed E-state index contributed by atoms with van der Waals surface area (Å²) in [5.74, 6) is -1.12. The van der Waals surface area contributed by atoms with Crippen LogP contribution < -0.4 is 16.4 Å². The number of ketones is 2. The number of aliphatic hydroxyl groups is 3. The molecule has 42 heavy (non-hydrogen) atoms. The summed E-state index contributed by atoms with van der Waals surface area (Å²) in [7, 11) is 6.70. The Morgan fingerprint density at radius 2 is 1.69 bits per heavy atom. The Morgan fingerprint density at radius 1 is 1.05 bits per heavy atom. The van der Waals surface area contributed by atoms with Crippen molar-refractivity contribution in [3.8, 4) is 17.6 Å². The van der Waals surface area contributed by atoms with Crippen molar-refractivity contribution < 1.29 is 34.8 Å². The number of phenols is 1. The quantitative estimate of drug-likeness (QED) is 0.176. The van der Waals surface area contributed by atoms with Crippen LogP contribution >= 0.6 is 0 Å². The Labute approximate surface area is 242 Å². The van der Waals surface area contributed by atoms with Gasteiger partial charge in [-0.15, -0.1) is 0 Å². The van der Waals surface area contributed by atoms with Gasteiger partial charge in [0.05, 0.1) is 17.2 Å². The maximum atomic E-state index is 14.1. The molecule has 0 saturated heterocycles. The summed E-state index contributed by atoms with van der Waals surface area (Å²) in [6.45, 7) is 0. The lowest BCUT2D eigenvalue weighted by Gasteiger charge is -2.50. The fourth-order valence-electron chi connectivity index (χ4n) is 6.49. The van der Waals surface area contributed by atoms with E-state index in [9.17, 15) is 34.8 Å². The Kier molecular flexibility index (Phi) is 6.80. The number of fused-ring (bicyclic) bond motifs is 3. The third-order valence-corrected chi connectivity index (χ3v) is 8.43. The number of hydrogen-bond donors (Lipinski definition) is 6. The van der Waals surface area contributed by atoms with Gasteiger partial charge in [0.1, 0.15) is 22.8 Å². The van der Waals surface area contributed by atoms with Gasteiger partial charge in [-0.05, 0) is 68.8 Å². The Bertz CT molecular complexity index is 1680. The molecule has 2 aromatic rings. The van der Waals surface area contributed by atoms with Crippen molar-refractivity contribution in [1.82, 2.24) is 4.90 Å². The van der Waals surface area contributed by atoms with E-state index in [2.05, 4.69) is 11.8 Å². The highest BCUT2D eigenvalue weighted by Crippen LogP contribution is 2.54. The fraction of sp³-hybridized carbons (Fsp3) is 0.323. The molecule has 11 heteroatoms. The molecule has 1 saturated carbocycles. The van der Waals surface area contributed by atoms with Crippen molar-refractivity contribution >= 4 is 34.6 Å². The van der Waals surface area contributed by atoms with Gasteiger partial charge in [-0.3, -0.25) is 19.3 Å². The third-order valence-electron chi connectivity index (χ3n) is 8.43. The molecule has 3 aliphatic rings. The number of rotatable bonds is 3. The van der Waals surface area contributed by atoms with Gasteiger partial charge in [0.2, 0.25) is 5.78 Å². The van der Waals surface area contributed by atoms with Crippen molar-refractivity contribution in [2.24, 2.45) is 17.6 Å². The van der Waals surface area contributed by atoms with Crippen molar-refractivity contribution in [3.63, 3.8) is 0 Å². The first kappa shape index (κ1) is 28.7. The van der Waals surface area contributed by atoms with E-state index in [1.165, 1.54) is 4.90 Å².